The fraction of sp³-hybridized carbons (Fsp3) is 1.00. The van der Waals surface area contributed by atoms with Crippen LogP contribution in [0.1, 0.15) is 25.7 Å². The van der Waals surface area contributed by atoms with E-state index in [-0.39, 0.29) is 57.1 Å². The molecular formula is C6H14IN2Pt+. The Balaban J connectivity index is 0. The van der Waals surface area contributed by atoms with Crippen molar-refractivity contribution in [2.24, 2.45) is 11.5 Å². The van der Waals surface area contributed by atoms with Crippen LogP contribution in [0.4, 0.5) is 0 Å². The Kier molecular flexibility index (Phi) is 9.75. The monoisotopic (exact) mass is 436 g/mol. The summed E-state index contributed by atoms with van der Waals surface area (Å²) in [7, 11) is 0. The second-order valence-electron chi connectivity index (χ2n) is 2.61. The zero-order chi connectivity index (χ0) is 5.98. The SMILES string of the molecule is N[C@@H]1CCCC[C@H]1N.[I-].[Pt+2]. The molecule has 0 aromatic carbocycles. The number of hydrogen-bond donors (Lipinski definition) is 2. The van der Waals surface area contributed by atoms with Gasteiger partial charge in [0.15, 0.2) is 0 Å². The molecule has 0 aromatic rings. The van der Waals surface area contributed by atoms with E-state index in [2.05, 4.69) is 0 Å². The van der Waals surface area contributed by atoms with Gasteiger partial charge in [-0.25, -0.2) is 0 Å². The molecule has 0 heterocycles. The summed E-state index contributed by atoms with van der Waals surface area (Å²) in [5.74, 6) is 0. The van der Waals surface area contributed by atoms with Crippen molar-refractivity contribution in [2.75, 3.05) is 0 Å². The molecular weight excluding hydrogens is 422 g/mol. The Morgan fingerprint density at radius 2 is 1.20 bits per heavy atom. The third kappa shape index (κ3) is 4.26. The van der Waals surface area contributed by atoms with Crippen LogP contribution in [0.3, 0.4) is 0 Å². The predicted octanol–water partition coefficient (Wildman–Crippen LogP) is -2.78. The zero-order valence-corrected chi connectivity index (χ0v) is 10.3. The minimum atomic E-state index is 0. The minimum absolute atomic E-state index is 0. The zero-order valence-electron chi connectivity index (χ0n) is 5.83. The van der Waals surface area contributed by atoms with Gasteiger partial charge in [0.05, 0.1) is 0 Å². The van der Waals surface area contributed by atoms with E-state index in [0.29, 0.717) is 0 Å². The largest absolute Gasteiger partial charge is 2.00 e. The summed E-state index contributed by atoms with van der Waals surface area (Å²) >= 11 is 0. The molecule has 4 N–H and O–H groups in total. The molecule has 1 rings (SSSR count). The molecule has 0 amide bonds. The molecule has 0 aromatic heterocycles. The fourth-order valence-electron chi connectivity index (χ4n) is 1.19. The summed E-state index contributed by atoms with van der Waals surface area (Å²) in [5.41, 5.74) is 11.3. The maximum absolute atomic E-state index is 5.65. The van der Waals surface area contributed by atoms with Gasteiger partial charge in [0.25, 0.3) is 0 Å². The first-order chi connectivity index (χ1) is 3.80. The topological polar surface area (TPSA) is 52.0 Å². The average molecular weight is 436 g/mol. The molecule has 1 aliphatic carbocycles. The molecule has 4 heteroatoms. The van der Waals surface area contributed by atoms with E-state index in [1.807, 2.05) is 0 Å². The molecule has 64 valence electrons. The van der Waals surface area contributed by atoms with Crippen LogP contribution in [0, 0.1) is 0 Å². The van der Waals surface area contributed by atoms with Gasteiger partial charge in [-0.15, -0.1) is 0 Å². The van der Waals surface area contributed by atoms with E-state index in [9.17, 15) is 0 Å². The second kappa shape index (κ2) is 7.01. The predicted molar refractivity (Wildman–Crippen MR) is 34.4 cm³/mol. The van der Waals surface area contributed by atoms with Crippen molar-refractivity contribution in [1.29, 1.82) is 0 Å². The Labute approximate surface area is 93.8 Å². The molecule has 0 unspecified atom stereocenters. The van der Waals surface area contributed by atoms with Crippen molar-refractivity contribution in [3.05, 3.63) is 0 Å². The fourth-order valence-corrected chi connectivity index (χ4v) is 1.19. The Bertz CT molecular complexity index is 72.1. The third-order valence-corrected chi connectivity index (χ3v) is 1.87. The smallest absolute Gasteiger partial charge is 1.00 e. The molecule has 2 nitrogen and oxygen atoms in total. The third-order valence-electron chi connectivity index (χ3n) is 1.87. The molecule has 2 atom stereocenters. The van der Waals surface area contributed by atoms with Crippen molar-refractivity contribution in [3.8, 4) is 0 Å². The normalized spacial score (nSPS) is 31.8. The quantitative estimate of drug-likeness (QED) is 0.404. The van der Waals surface area contributed by atoms with E-state index in [0.717, 1.165) is 12.8 Å². The number of nitrogens with two attached hydrogens (primary N) is 2. The van der Waals surface area contributed by atoms with Gasteiger partial charge in [0, 0.05) is 12.1 Å². The average Bonchev–Trinajstić information content (AvgIpc) is 1.77. The van der Waals surface area contributed by atoms with Crippen LogP contribution in [-0.2, 0) is 21.1 Å². The van der Waals surface area contributed by atoms with Crippen molar-refractivity contribution in [1.82, 2.24) is 0 Å². The van der Waals surface area contributed by atoms with Crippen LogP contribution in [0.2, 0.25) is 0 Å². The van der Waals surface area contributed by atoms with E-state index >= 15 is 0 Å². The molecule has 0 aliphatic heterocycles. The Morgan fingerprint density at radius 3 is 1.40 bits per heavy atom. The van der Waals surface area contributed by atoms with Gasteiger partial charge in [-0.3, -0.25) is 0 Å². The van der Waals surface area contributed by atoms with Crippen molar-refractivity contribution < 1.29 is 45.0 Å². The van der Waals surface area contributed by atoms with Crippen LogP contribution < -0.4 is 35.4 Å². The first-order valence-electron chi connectivity index (χ1n) is 3.32. The van der Waals surface area contributed by atoms with Crippen molar-refractivity contribution in [2.45, 2.75) is 37.8 Å². The van der Waals surface area contributed by atoms with E-state index in [4.69, 9.17) is 11.5 Å². The maximum atomic E-state index is 5.65. The summed E-state index contributed by atoms with van der Waals surface area (Å²) in [5, 5.41) is 0. The molecule has 1 saturated carbocycles. The standard InChI is InChI=1S/C6H14N2.HI.Pt/c7-5-3-1-2-4-6(5)8;;/h5-6H,1-4,7-8H2;1H;/q;;+2/p-1/t5-,6-;;/m1../s1. The summed E-state index contributed by atoms with van der Waals surface area (Å²) < 4.78 is 0. The van der Waals surface area contributed by atoms with E-state index in [1.54, 1.807) is 0 Å². The molecule has 0 spiro atoms. The van der Waals surface area contributed by atoms with Crippen LogP contribution >= 0.6 is 0 Å². The van der Waals surface area contributed by atoms with Gasteiger partial charge in [0.1, 0.15) is 0 Å². The van der Waals surface area contributed by atoms with Gasteiger partial charge in [-0.05, 0) is 12.8 Å². The van der Waals surface area contributed by atoms with Gasteiger partial charge in [-0.2, -0.15) is 0 Å². The van der Waals surface area contributed by atoms with Crippen LogP contribution in [-0.4, -0.2) is 12.1 Å². The van der Waals surface area contributed by atoms with Gasteiger partial charge in [0.2, 0.25) is 0 Å². The molecule has 1 fully saturated rings. The molecule has 0 bridgehead atoms. The molecule has 0 radical (unpaired) electrons. The van der Waals surface area contributed by atoms with Crippen LogP contribution in [0.5, 0.6) is 0 Å². The van der Waals surface area contributed by atoms with Crippen LogP contribution in [0.25, 0.3) is 0 Å². The maximum Gasteiger partial charge on any atom is 2.00 e. The first-order valence-corrected chi connectivity index (χ1v) is 3.32. The van der Waals surface area contributed by atoms with E-state index in [1.165, 1.54) is 12.8 Å². The molecule has 1 aliphatic rings. The molecule has 0 saturated heterocycles. The summed E-state index contributed by atoms with van der Waals surface area (Å²) in [4.78, 5) is 0. The van der Waals surface area contributed by atoms with Gasteiger partial charge < -0.3 is 35.4 Å². The van der Waals surface area contributed by atoms with Crippen LogP contribution in [0.15, 0.2) is 0 Å². The first kappa shape index (κ1) is 13.9. The van der Waals surface area contributed by atoms with Crippen molar-refractivity contribution in [3.63, 3.8) is 0 Å². The molecule has 10 heavy (non-hydrogen) atoms. The van der Waals surface area contributed by atoms with Gasteiger partial charge >= 0.3 is 21.1 Å². The number of halogens is 1. The van der Waals surface area contributed by atoms with Crippen molar-refractivity contribution >= 4 is 0 Å². The number of rotatable bonds is 0. The Morgan fingerprint density at radius 1 is 0.900 bits per heavy atom. The Hall–Kier alpha value is 1.34. The summed E-state index contributed by atoms with van der Waals surface area (Å²) in [6.45, 7) is 0. The minimum Gasteiger partial charge on any atom is -1.00 e. The van der Waals surface area contributed by atoms with Gasteiger partial charge in [-0.1, -0.05) is 12.8 Å². The second-order valence-corrected chi connectivity index (χ2v) is 2.61. The summed E-state index contributed by atoms with van der Waals surface area (Å²) in [6, 6.07) is 0.562. The van der Waals surface area contributed by atoms with E-state index < -0.39 is 0 Å². The number of hydrogen-bond acceptors (Lipinski definition) is 2. The summed E-state index contributed by atoms with van der Waals surface area (Å²) in [6.07, 6.45) is 4.80.